The molecule has 0 aromatic carbocycles. The van der Waals surface area contributed by atoms with Crippen molar-refractivity contribution in [1.82, 2.24) is 10.6 Å². The van der Waals surface area contributed by atoms with E-state index in [1.807, 2.05) is 18.4 Å². The summed E-state index contributed by atoms with van der Waals surface area (Å²) in [5, 5.41) is 9.41. The molecule has 4 rings (SSSR count). The van der Waals surface area contributed by atoms with Crippen LogP contribution in [0.25, 0.3) is 0 Å². The third-order valence-electron chi connectivity index (χ3n) is 6.19. The van der Waals surface area contributed by atoms with Crippen LogP contribution in [0.3, 0.4) is 0 Å². The Labute approximate surface area is 165 Å². The second-order valence-electron chi connectivity index (χ2n) is 7.26. The molecule has 2 saturated carbocycles. The smallest absolute Gasteiger partial charge is 0.191 e. The van der Waals surface area contributed by atoms with Crippen molar-refractivity contribution in [3.8, 4) is 0 Å². The van der Waals surface area contributed by atoms with Gasteiger partial charge in [0.2, 0.25) is 0 Å². The van der Waals surface area contributed by atoms with Gasteiger partial charge in [-0.05, 0) is 43.2 Å². The Hall–Kier alpha value is -0.340. The van der Waals surface area contributed by atoms with Gasteiger partial charge in [-0.3, -0.25) is 4.99 Å². The van der Waals surface area contributed by atoms with Crippen LogP contribution in [-0.4, -0.2) is 31.8 Å². The summed E-state index contributed by atoms with van der Waals surface area (Å²) in [4.78, 5) is 5.85. The molecule has 1 saturated heterocycles. The predicted octanol–water partition coefficient (Wildman–Crippen LogP) is 3.69. The Bertz CT molecular complexity index is 597. The van der Waals surface area contributed by atoms with Gasteiger partial charge in [0.15, 0.2) is 5.96 Å². The van der Waals surface area contributed by atoms with Gasteiger partial charge < -0.3 is 15.4 Å². The second-order valence-corrected chi connectivity index (χ2v) is 8.26. The number of fused-ring (bicyclic) bond motifs is 2. The molecule has 3 aliphatic rings. The summed E-state index contributed by atoms with van der Waals surface area (Å²) in [7, 11) is 1.87. The van der Waals surface area contributed by atoms with Crippen LogP contribution in [0, 0.1) is 18.3 Å². The van der Waals surface area contributed by atoms with Crippen LogP contribution in [0.1, 0.15) is 42.5 Å². The normalized spacial score (nSPS) is 30.6. The minimum atomic E-state index is 0. The maximum atomic E-state index is 6.07. The van der Waals surface area contributed by atoms with E-state index in [2.05, 4.69) is 34.0 Å². The van der Waals surface area contributed by atoms with E-state index in [1.54, 1.807) is 0 Å². The molecule has 134 valence electrons. The van der Waals surface area contributed by atoms with Gasteiger partial charge in [-0.15, -0.1) is 35.3 Å². The van der Waals surface area contributed by atoms with Crippen molar-refractivity contribution >= 4 is 41.3 Å². The highest BCUT2D eigenvalue weighted by atomic mass is 127. The number of guanidine groups is 1. The van der Waals surface area contributed by atoms with E-state index in [9.17, 15) is 0 Å². The van der Waals surface area contributed by atoms with Crippen LogP contribution in [0.15, 0.2) is 16.4 Å². The van der Waals surface area contributed by atoms with Gasteiger partial charge >= 0.3 is 0 Å². The molecule has 3 fully saturated rings. The number of thiophene rings is 1. The van der Waals surface area contributed by atoms with E-state index in [4.69, 9.17) is 4.74 Å². The highest BCUT2D eigenvalue weighted by molar-refractivity contribution is 14.0. The number of hydrogen-bond acceptors (Lipinski definition) is 3. The summed E-state index contributed by atoms with van der Waals surface area (Å²) in [5.41, 5.74) is 1.73. The molecule has 1 aromatic rings. The van der Waals surface area contributed by atoms with E-state index in [-0.39, 0.29) is 24.0 Å². The van der Waals surface area contributed by atoms with E-state index in [1.165, 1.54) is 42.5 Å². The Balaban J connectivity index is 0.00000169. The molecule has 4 nitrogen and oxygen atoms in total. The molecule has 6 heteroatoms. The topological polar surface area (TPSA) is 45.7 Å². The van der Waals surface area contributed by atoms with Gasteiger partial charge in [0, 0.05) is 35.9 Å². The first kappa shape index (κ1) is 18.5. The minimum absolute atomic E-state index is 0. The highest BCUT2D eigenvalue weighted by Gasteiger charge is 2.65. The molecule has 0 amide bonds. The van der Waals surface area contributed by atoms with Crippen molar-refractivity contribution in [2.75, 3.05) is 13.7 Å². The maximum absolute atomic E-state index is 6.07. The maximum Gasteiger partial charge on any atom is 0.191 e. The molecule has 1 aliphatic heterocycles. The third-order valence-corrected chi connectivity index (χ3v) is 7.21. The van der Waals surface area contributed by atoms with Crippen molar-refractivity contribution in [2.24, 2.45) is 16.3 Å². The van der Waals surface area contributed by atoms with Crippen LogP contribution in [0.2, 0.25) is 0 Å². The van der Waals surface area contributed by atoms with Gasteiger partial charge in [-0.25, -0.2) is 0 Å². The van der Waals surface area contributed by atoms with E-state index in [0.29, 0.717) is 23.5 Å². The number of hydrogen-bond donors (Lipinski definition) is 2. The van der Waals surface area contributed by atoms with Crippen LogP contribution < -0.4 is 10.6 Å². The van der Waals surface area contributed by atoms with Gasteiger partial charge in [-0.1, -0.05) is 12.8 Å². The first-order valence-electron chi connectivity index (χ1n) is 8.86. The molecule has 1 aromatic heterocycles. The van der Waals surface area contributed by atoms with Crippen molar-refractivity contribution in [3.63, 3.8) is 0 Å². The quantitative estimate of drug-likeness (QED) is 0.410. The van der Waals surface area contributed by atoms with Crippen LogP contribution >= 0.6 is 35.3 Å². The zero-order valence-corrected chi connectivity index (χ0v) is 17.7. The fourth-order valence-electron chi connectivity index (χ4n) is 5.00. The molecule has 3 unspecified atom stereocenters. The molecular weight excluding hydrogens is 433 g/mol. The lowest BCUT2D eigenvalue weighted by atomic mass is 9.54. The summed E-state index contributed by atoms with van der Waals surface area (Å²) >= 11 is 1.81. The van der Waals surface area contributed by atoms with Gasteiger partial charge in [0.25, 0.3) is 0 Å². The summed E-state index contributed by atoms with van der Waals surface area (Å²) in [6, 6.07) is 2.71. The Morgan fingerprint density at radius 3 is 2.88 bits per heavy atom. The van der Waals surface area contributed by atoms with Crippen LogP contribution in [0.4, 0.5) is 0 Å². The number of rotatable bonds is 3. The average molecular weight is 461 g/mol. The number of nitrogens with zero attached hydrogens (tertiary/aromatic N) is 1. The van der Waals surface area contributed by atoms with Crippen molar-refractivity contribution in [1.29, 1.82) is 0 Å². The SMILES string of the molecule is CN=C(NCc1sccc1C)NC1C2CCOC2C12CCCC2.I. The predicted molar refractivity (Wildman–Crippen MR) is 110 cm³/mol. The van der Waals surface area contributed by atoms with Crippen molar-refractivity contribution < 1.29 is 4.74 Å². The lowest BCUT2D eigenvalue weighted by Crippen LogP contribution is -2.69. The summed E-state index contributed by atoms with van der Waals surface area (Å²) < 4.78 is 6.07. The fourth-order valence-corrected chi connectivity index (χ4v) is 5.84. The molecule has 2 aliphatic carbocycles. The van der Waals surface area contributed by atoms with E-state index >= 15 is 0 Å². The zero-order chi connectivity index (χ0) is 15.9. The van der Waals surface area contributed by atoms with Crippen molar-refractivity contribution in [3.05, 3.63) is 21.9 Å². The lowest BCUT2D eigenvalue weighted by molar-refractivity contribution is -0.125. The monoisotopic (exact) mass is 461 g/mol. The molecular formula is C18H28IN3OS. The highest BCUT2D eigenvalue weighted by Crippen LogP contribution is 2.60. The number of nitrogens with one attached hydrogen (secondary N) is 2. The number of halogens is 1. The third kappa shape index (κ3) is 2.98. The average Bonchev–Trinajstić information content (AvgIpc) is 3.27. The fraction of sp³-hybridized carbons (Fsp3) is 0.722. The first-order chi connectivity index (χ1) is 11.2. The molecule has 0 radical (unpaired) electrons. The molecule has 2 heterocycles. The number of aryl methyl sites for hydroxylation is 1. The van der Waals surface area contributed by atoms with Crippen LogP contribution in [0.5, 0.6) is 0 Å². The van der Waals surface area contributed by atoms with Crippen molar-refractivity contribution in [2.45, 2.75) is 57.7 Å². The number of aliphatic imine (C=N–C) groups is 1. The summed E-state index contributed by atoms with van der Waals surface area (Å²) in [5.74, 6) is 1.62. The Morgan fingerprint density at radius 1 is 1.42 bits per heavy atom. The second kappa shape index (κ2) is 7.50. The summed E-state index contributed by atoms with van der Waals surface area (Å²) in [6.45, 7) is 3.97. The first-order valence-corrected chi connectivity index (χ1v) is 9.74. The zero-order valence-electron chi connectivity index (χ0n) is 14.5. The number of ether oxygens (including phenoxy) is 1. The largest absolute Gasteiger partial charge is 0.377 e. The minimum Gasteiger partial charge on any atom is -0.377 e. The molecule has 24 heavy (non-hydrogen) atoms. The molecule has 1 spiro atoms. The van der Waals surface area contributed by atoms with Gasteiger partial charge in [0.1, 0.15) is 0 Å². The summed E-state index contributed by atoms with van der Waals surface area (Å²) in [6.07, 6.45) is 7.03. The molecule has 3 atom stereocenters. The molecule has 0 bridgehead atoms. The molecule has 2 N–H and O–H groups in total. The van der Waals surface area contributed by atoms with Crippen LogP contribution in [-0.2, 0) is 11.3 Å². The van der Waals surface area contributed by atoms with Gasteiger partial charge in [-0.2, -0.15) is 0 Å². The van der Waals surface area contributed by atoms with E-state index in [0.717, 1.165) is 19.1 Å². The Morgan fingerprint density at radius 2 is 2.21 bits per heavy atom. The lowest BCUT2D eigenvalue weighted by Gasteiger charge is -2.57. The van der Waals surface area contributed by atoms with E-state index < -0.39 is 0 Å². The Kier molecular flexibility index (Phi) is 5.76. The standard InChI is InChI=1S/C18H27N3OS.HI/c1-12-6-10-23-14(12)11-20-17(19-2)21-15-13-5-9-22-16(13)18(15)7-3-4-8-18;/h6,10,13,15-16H,3-5,7-9,11H2,1-2H3,(H2,19,20,21);1H. The van der Waals surface area contributed by atoms with Gasteiger partial charge in [0.05, 0.1) is 12.6 Å².